The van der Waals surface area contributed by atoms with E-state index >= 15 is 0 Å². The molecule has 0 radical (unpaired) electrons. The van der Waals surface area contributed by atoms with Gasteiger partial charge in [-0.25, -0.2) is 8.42 Å². The van der Waals surface area contributed by atoms with Crippen molar-refractivity contribution in [3.8, 4) is 0 Å². The van der Waals surface area contributed by atoms with Crippen LogP contribution in [0.2, 0.25) is 0 Å². The quantitative estimate of drug-likeness (QED) is 0.880. The maximum absolute atomic E-state index is 12.5. The first-order valence-corrected chi connectivity index (χ1v) is 7.68. The number of benzene rings is 1. The van der Waals surface area contributed by atoms with E-state index in [2.05, 4.69) is 6.92 Å². The first kappa shape index (κ1) is 13.5. The molecule has 1 aliphatic heterocycles. The van der Waals surface area contributed by atoms with Crippen LogP contribution in [0.25, 0.3) is 0 Å². The predicted octanol–water partition coefficient (Wildman–Crippen LogP) is 1.35. The summed E-state index contributed by atoms with van der Waals surface area (Å²) < 4.78 is 26.6. The molecule has 2 unspecified atom stereocenters. The molecule has 0 spiro atoms. The van der Waals surface area contributed by atoms with E-state index in [9.17, 15) is 8.42 Å². The molecule has 18 heavy (non-hydrogen) atoms. The summed E-state index contributed by atoms with van der Waals surface area (Å²) in [5.74, 6) is 0.383. The molecule has 2 N–H and O–H groups in total. The van der Waals surface area contributed by atoms with E-state index in [1.54, 1.807) is 12.1 Å². The summed E-state index contributed by atoms with van der Waals surface area (Å²) in [4.78, 5) is 0.395. The van der Waals surface area contributed by atoms with Gasteiger partial charge in [0, 0.05) is 19.1 Å². The fourth-order valence-electron chi connectivity index (χ4n) is 2.27. The van der Waals surface area contributed by atoms with Crippen molar-refractivity contribution in [3.05, 3.63) is 29.8 Å². The number of aryl methyl sites for hydroxylation is 1. The van der Waals surface area contributed by atoms with Crippen LogP contribution in [0.4, 0.5) is 0 Å². The van der Waals surface area contributed by atoms with Crippen molar-refractivity contribution < 1.29 is 8.42 Å². The van der Waals surface area contributed by atoms with Crippen LogP contribution in [-0.4, -0.2) is 31.9 Å². The standard InChI is InChI=1S/C13H20N2O2S/c1-10-7-8-15(9-12(10)14)18(16,17)13-6-4-3-5-11(13)2/h3-6,10,12H,7-9,14H2,1-2H3. The molecule has 0 amide bonds. The second kappa shape index (κ2) is 4.99. The molecule has 2 atom stereocenters. The molecular weight excluding hydrogens is 248 g/mol. The fraction of sp³-hybridized carbons (Fsp3) is 0.538. The van der Waals surface area contributed by atoms with Gasteiger partial charge in [0.1, 0.15) is 0 Å². The number of rotatable bonds is 2. The molecular formula is C13H20N2O2S. The van der Waals surface area contributed by atoms with Gasteiger partial charge in [-0.05, 0) is 30.9 Å². The molecule has 0 aliphatic carbocycles. The summed E-state index contributed by atoms with van der Waals surface area (Å²) in [7, 11) is -3.40. The Labute approximate surface area is 109 Å². The molecule has 1 aliphatic rings. The minimum Gasteiger partial charge on any atom is -0.326 e. The summed E-state index contributed by atoms with van der Waals surface area (Å²) in [5, 5.41) is 0. The molecule has 100 valence electrons. The topological polar surface area (TPSA) is 63.4 Å². The summed E-state index contributed by atoms with van der Waals surface area (Å²) in [6.45, 7) is 4.87. The Morgan fingerprint density at radius 2 is 2.00 bits per heavy atom. The number of hydrogen-bond acceptors (Lipinski definition) is 3. The zero-order valence-electron chi connectivity index (χ0n) is 10.8. The summed E-state index contributed by atoms with van der Waals surface area (Å²) >= 11 is 0. The third-order valence-corrected chi connectivity index (χ3v) is 5.72. The molecule has 0 aromatic heterocycles. The zero-order valence-corrected chi connectivity index (χ0v) is 11.7. The van der Waals surface area contributed by atoms with Crippen molar-refractivity contribution in [2.75, 3.05) is 13.1 Å². The van der Waals surface area contributed by atoms with Crippen LogP contribution in [0.1, 0.15) is 18.9 Å². The van der Waals surface area contributed by atoms with Gasteiger partial charge in [0.05, 0.1) is 4.90 Å². The van der Waals surface area contributed by atoms with Gasteiger partial charge in [0.25, 0.3) is 0 Å². The van der Waals surface area contributed by atoms with Gasteiger partial charge in [-0.1, -0.05) is 25.1 Å². The maximum Gasteiger partial charge on any atom is 0.243 e. The highest BCUT2D eigenvalue weighted by Crippen LogP contribution is 2.24. The Balaban J connectivity index is 2.30. The fourth-order valence-corrected chi connectivity index (χ4v) is 3.99. The highest BCUT2D eigenvalue weighted by molar-refractivity contribution is 7.89. The first-order chi connectivity index (χ1) is 8.43. The molecule has 1 saturated heterocycles. The lowest BCUT2D eigenvalue weighted by Crippen LogP contribution is -2.49. The predicted molar refractivity (Wildman–Crippen MR) is 71.7 cm³/mol. The highest BCUT2D eigenvalue weighted by Gasteiger charge is 2.32. The average Bonchev–Trinajstić information content (AvgIpc) is 2.33. The van der Waals surface area contributed by atoms with Crippen LogP contribution in [0.3, 0.4) is 0 Å². The van der Waals surface area contributed by atoms with Crippen LogP contribution < -0.4 is 5.73 Å². The number of hydrogen-bond donors (Lipinski definition) is 1. The van der Waals surface area contributed by atoms with Gasteiger partial charge in [0.15, 0.2) is 0 Å². The summed E-state index contributed by atoms with van der Waals surface area (Å²) in [5.41, 5.74) is 6.76. The van der Waals surface area contributed by atoms with Crippen LogP contribution in [-0.2, 0) is 10.0 Å². The second-order valence-corrected chi connectivity index (χ2v) is 6.96. The van der Waals surface area contributed by atoms with Crippen molar-refractivity contribution in [1.82, 2.24) is 4.31 Å². The first-order valence-electron chi connectivity index (χ1n) is 6.24. The van der Waals surface area contributed by atoms with E-state index in [1.165, 1.54) is 4.31 Å². The van der Waals surface area contributed by atoms with Crippen molar-refractivity contribution >= 4 is 10.0 Å². The maximum atomic E-state index is 12.5. The monoisotopic (exact) mass is 268 g/mol. The third-order valence-electron chi connectivity index (χ3n) is 3.69. The van der Waals surface area contributed by atoms with E-state index in [0.717, 1.165) is 12.0 Å². The van der Waals surface area contributed by atoms with Gasteiger partial charge in [-0.15, -0.1) is 0 Å². The van der Waals surface area contributed by atoms with Crippen molar-refractivity contribution in [1.29, 1.82) is 0 Å². The molecule has 1 aromatic rings. The molecule has 0 bridgehead atoms. The van der Waals surface area contributed by atoms with E-state index in [1.807, 2.05) is 19.1 Å². The minimum absolute atomic E-state index is 0.0717. The van der Waals surface area contributed by atoms with E-state index in [-0.39, 0.29) is 6.04 Å². The largest absolute Gasteiger partial charge is 0.326 e. The Hall–Kier alpha value is -0.910. The van der Waals surface area contributed by atoms with Crippen LogP contribution in [0.5, 0.6) is 0 Å². The third kappa shape index (κ3) is 2.43. The summed E-state index contributed by atoms with van der Waals surface area (Å²) in [6, 6.07) is 7.01. The Kier molecular flexibility index (Phi) is 3.75. The molecule has 5 heteroatoms. The average molecular weight is 268 g/mol. The number of nitrogens with zero attached hydrogens (tertiary/aromatic N) is 1. The van der Waals surface area contributed by atoms with Gasteiger partial charge in [-0.2, -0.15) is 4.31 Å². The lowest BCUT2D eigenvalue weighted by Gasteiger charge is -2.34. The smallest absolute Gasteiger partial charge is 0.243 e. The SMILES string of the molecule is Cc1ccccc1S(=O)(=O)N1CCC(C)C(N)C1. The Bertz CT molecular complexity index is 528. The van der Waals surface area contributed by atoms with E-state index in [4.69, 9.17) is 5.73 Å². The number of nitrogens with two attached hydrogens (primary N) is 1. The van der Waals surface area contributed by atoms with Gasteiger partial charge in [0.2, 0.25) is 10.0 Å². The number of sulfonamides is 1. The molecule has 1 aromatic carbocycles. The Morgan fingerprint density at radius 1 is 1.33 bits per heavy atom. The Morgan fingerprint density at radius 3 is 2.61 bits per heavy atom. The molecule has 4 nitrogen and oxygen atoms in total. The summed E-state index contributed by atoms with van der Waals surface area (Å²) in [6.07, 6.45) is 0.826. The van der Waals surface area contributed by atoms with Gasteiger partial charge >= 0.3 is 0 Å². The minimum atomic E-state index is -3.40. The zero-order chi connectivity index (χ0) is 13.3. The number of piperidine rings is 1. The van der Waals surface area contributed by atoms with Gasteiger partial charge in [-0.3, -0.25) is 0 Å². The normalized spacial score (nSPS) is 26.2. The van der Waals surface area contributed by atoms with Gasteiger partial charge < -0.3 is 5.73 Å². The molecule has 2 rings (SSSR count). The van der Waals surface area contributed by atoms with E-state index < -0.39 is 10.0 Å². The lowest BCUT2D eigenvalue weighted by atomic mass is 9.96. The molecule has 0 saturated carbocycles. The highest BCUT2D eigenvalue weighted by atomic mass is 32.2. The van der Waals surface area contributed by atoms with Crippen molar-refractivity contribution in [2.45, 2.75) is 31.2 Å². The van der Waals surface area contributed by atoms with Crippen molar-refractivity contribution in [3.63, 3.8) is 0 Å². The van der Waals surface area contributed by atoms with Crippen LogP contribution in [0, 0.1) is 12.8 Å². The second-order valence-electron chi connectivity index (χ2n) is 5.06. The molecule has 1 heterocycles. The lowest BCUT2D eigenvalue weighted by molar-refractivity contribution is 0.253. The van der Waals surface area contributed by atoms with E-state index in [0.29, 0.717) is 23.9 Å². The van der Waals surface area contributed by atoms with Crippen LogP contribution >= 0.6 is 0 Å². The van der Waals surface area contributed by atoms with Crippen LogP contribution in [0.15, 0.2) is 29.2 Å². The molecule has 1 fully saturated rings. The van der Waals surface area contributed by atoms with Crippen molar-refractivity contribution in [2.24, 2.45) is 11.7 Å².